The second-order valence-electron chi connectivity index (χ2n) is 8.34. The highest BCUT2D eigenvalue weighted by atomic mass is 16.4. The lowest BCUT2D eigenvalue weighted by Crippen LogP contribution is -2.50. The van der Waals surface area contributed by atoms with Gasteiger partial charge in [-0.1, -0.05) is 42.3 Å². The molecule has 0 saturated heterocycles. The summed E-state index contributed by atoms with van der Waals surface area (Å²) < 4.78 is 0. The van der Waals surface area contributed by atoms with Gasteiger partial charge in [0.2, 0.25) is 0 Å². The van der Waals surface area contributed by atoms with Crippen LogP contribution < -0.4 is 0 Å². The van der Waals surface area contributed by atoms with Crippen LogP contribution in [0, 0.1) is 17.8 Å². The molecule has 0 spiro atoms. The first-order valence-corrected chi connectivity index (χ1v) is 10.0. The number of rotatable bonds is 3. The molecule has 144 valence electrons. The Balaban J connectivity index is 1.80. The third kappa shape index (κ3) is 3.23. The van der Waals surface area contributed by atoms with Crippen molar-refractivity contribution in [2.75, 3.05) is 0 Å². The summed E-state index contributed by atoms with van der Waals surface area (Å²) in [6.07, 6.45) is 4.91. The number of aromatic carboxylic acids is 1. The molecule has 0 aromatic heterocycles. The standard InChI is InChI=1S/C25H26O3/c1-2-12-24(28)13-14-25(16-18-6-4-3-5-7-18)21(17-24)10-8-19-15-20(23(26)27)9-11-22(19)25/h3-7,9,11,15,21,28H,8,10,13-14,16-17H2,1H3,(H,26,27)/t21-,24+,25+/m1/s1. The van der Waals surface area contributed by atoms with Gasteiger partial charge in [0.15, 0.2) is 0 Å². The van der Waals surface area contributed by atoms with Gasteiger partial charge < -0.3 is 10.2 Å². The van der Waals surface area contributed by atoms with E-state index in [9.17, 15) is 15.0 Å². The Morgan fingerprint density at radius 3 is 2.68 bits per heavy atom. The Kier molecular flexibility index (Phi) is 4.77. The van der Waals surface area contributed by atoms with Crippen molar-refractivity contribution in [3.8, 4) is 11.8 Å². The highest BCUT2D eigenvalue weighted by molar-refractivity contribution is 5.88. The minimum absolute atomic E-state index is 0.0758. The van der Waals surface area contributed by atoms with Gasteiger partial charge in [-0.15, -0.1) is 5.92 Å². The first-order valence-electron chi connectivity index (χ1n) is 10.0. The molecule has 0 amide bonds. The van der Waals surface area contributed by atoms with E-state index >= 15 is 0 Å². The summed E-state index contributed by atoms with van der Waals surface area (Å²) >= 11 is 0. The third-order valence-corrected chi connectivity index (χ3v) is 6.72. The van der Waals surface area contributed by atoms with E-state index in [1.807, 2.05) is 18.2 Å². The molecule has 0 unspecified atom stereocenters. The average molecular weight is 374 g/mol. The maximum atomic E-state index is 11.4. The second-order valence-corrected chi connectivity index (χ2v) is 8.34. The molecule has 1 saturated carbocycles. The number of hydrogen-bond acceptors (Lipinski definition) is 2. The van der Waals surface area contributed by atoms with Crippen LogP contribution in [0.15, 0.2) is 48.5 Å². The Hall–Kier alpha value is -2.57. The van der Waals surface area contributed by atoms with Gasteiger partial charge in [0.05, 0.1) is 5.56 Å². The molecule has 1 fully saturated rings. The third-order valence-electron chi connectivity index (χ3n) is 6.72. The molecule has 2 aliphatic carbocycles. The van der Waals surface area contributed by atoms with E-state index < -0.39 is 11.6 Å². The van der Waals surface area contributed by atoms with Crippen LogP contribution in [-0.4, -0.2) is 21.8 Å². The zero-order valence-corrected chi connectivity index (χ0v) is 16.2. The van der Waals surface area contributed by atoms with Crippen molar-refractivity contribution in [2.45, 2.75) is 56.5 Å². The Morgan fingerprint density at radius 2 is 1.96 bits per heavy atom. The fraction of sp³-hybridized carbons (Fsp3) is 0.400. The number of aryl methyl sites for hydroxylation is 1. The van der Waals surface area contributed by atoms with Crippen LogP contribution in [0.1, 0.15) is 59.7 Å². The highest BCUT2D eigenvalue weighted by Crippen LogP contribution is 2.54. The molecule has 3 atom stereocenters. The zero-order valence-electron chi connectivity index (χ0n) is 16.2. The van der Waals surface area contributed by atoms with Crippen molar-refractivity contribution in [3.63, 3.8) is 0 Å². The second kappa shape index (κ2) is 7.11. The average Bonchev–Trinajstić information content (AvgIpc) is 2.69. The molecule has 0 radical (unpaired) electrons. The maximum Gasteiger partial charge on any atom is 0.335 e. The fourth-order valence-electron chi connectivity index (χ4n) is 5.46. The molecule has 2 aromatic carbocycles. The molecule has 28 heavy (non-hydrogen) atoms. The summed E-state index contributed by atoms with van der Waals surface area (Å²) in [7, 11) is 0. The van der Waals surface area contributed by atoms with Crippen LogP contribution in [-0.2, 0) is 18.3 Å². The molecule has 2 aliphatic rings. The van der Waals surface area contributed by atoms with Gasteiger partial charge in [0, 0.05) is 5.41 Å². The van der Waals surface area contributed by atoms with Crippen molar-refractivity contribution < 1.29 is 15.0 Å². The lowest BCUT2D eigenvalue weighted by Gasteiger charge is -2.52. The number of benzene rings is 2. The summed E-state index contributed by atoms with van der Waals surface area (Å²) in [5.74, 6) is 5.41. The maximum absolute atomic E-state index is 11.4. The minimum Gasteiger partial charge on any atom is -0.478 e. The minimum atomic E-state index is -0.905. The largest absolute Gasteiger partial charge is 0.478 e. The molecule has 2 N–H and O–H groups in total. The Labute approximate surface area is 166 Å². The summed E-state index contributed by atoms with van der Waals surface area (Å²) in [4.78, 5) is 11.4. The normalized spacial score (nSPS) is 28.4. The van der Waals surface area contributed by atoms with Gasteiger partial charge >= 0.3 is 5.97 Å². The van der Waals surface area contributed by atoms with Crippen molar-refractivity contribution >= 4 is 5.97 Å². The van der Waals surface area contributed by atoms with E-state index in [4.69, 9.17) is 0 Å². The topological polar surface area (TPSA) is 57.5 Å². The molecule has 4 rings (SSSR count). The summed E-state index contributed by atoms with van der Waals surface area (Å²) in [5, 5.41) is 20.4. The van der Waals surface area contributed by atoms with E-state index in [0.29, 0.717) is 24.3 Å². The molecule has 2 aromatic rings. The summed E-state index contributed by atoms with van der Waals surface area (Å²) in [5.41, 5.74) is 3.08. The smallest absolute Gasteiger partial charge is 0.335 e. The molecule has 3 nitrogen and oxygen atoms in total. The predicted molar refractivity (Wildman–Crippen MR) is 109 cm³/mol. The van der Waals surface area contributed by atoms with Crippen LogP contribution in [0.3, 0.4) is 0 Å². The predicted octanol–water partition coefficient (Wildman–Crippen LogP) is 4.37. The van der Waals surface area contributed by atoms with Gasteiger partial charge in [-0.2, -0.15) is 0 Å². The van der Waals surface area contributed by atoms with Gasteiger partial charge in [-0.3, -0.25) is 0 Å². The van der Waals surface area contributed by atoms with Gasteiger partial charge in [-0.25, -0.2) is 4.79 Å². The van der Waals surface area contributed by atoms with E-state index in [1.165, 1.54) is 11.1 Å². The van der Waals surface area contributed by atoms with E-state index in [0.717, 1.165) is 31.2 Å². The van der Waals surface area contributed by atoms with Crippen molar-refractivity contribution in [3.05, 3.63) is 70.8 Å². The highest BCUT2D eigenvalue weighted by Gasteiger charge is 2.51. The molecule has 0 aliphatic heterocycles. The van der Waals surface area contributed by atoms with Crippen molar-refractivity contribution in [1.29, 1.82) is 0 Å². The van der Waals surface area contributed by atoms with E-state index in [2.05, 4.69) is 36.1 Å². The van der Waals surface area contributed by atoms with Gasteiger partial charge in [0.25, 0.3) is 0 Å². The van der Waals surface area contributed by atoms with E-state index in [1.54, 1.807) is 13.0 Å². The van der Waals surface area contributed by atoms with Crippen LogP contribution in [0.4, 0.5) is 0 Å². The number of aliphatic hydroxyl groups is 1. The number of carbonyl (C=O) groups is 1. The lowest BCUT2D eigenvalue weighted by atomic mass is 9.52. The zero-order chi connectivity index (χ0) is 19.8. The molecular formula is C25H26O3. The number of fused-ring (bicyclic) bond motifs is 3. The Morgan fingerprint density at radius 1 is 1.18 bits per heavy atom. The first-order chi connectivity index (χ1) is 13.5. The quantitative estimate of drug-likeness (QED) is 0.785. The molecule has 0 heterocycles. The van der Waals surface area contributed by atoms with Crippen LogP contribution in [0.2, 0.25) is 0 Å². The van der Waals surface area contributed by atoms with Gasteiger partial charge in [0.1, 0.15) is 5.60 Å². The van der Waals surface area contributed by atoms with Crippen molar-refractivity contribution in [2.24, 2.45) is 5.92 Å². The van der Waals surface area contributed by atoms with Crippen LogP contribution in [0.5, 0.6) is 0 Å². The van der Waals surface area contributed by atoms with Crippen LogP contribution >= 0.6 is 0 Å². The van der Waals surface area contributed by atoms with Crippen LogP contribution in [0.25, 0.3) is 0 Å². The number of carboxylic acids is 1. The number of hydrogen-bond donors (Lipinski definition) is 2. The SMILES string of the molecule is CC#C[C@]1(O)CC[C@@]2(Cc3ccccc3)c3ccc(C(=O)O)cc3CC[C@@H]2C1. The molecule has 0 bridgehead atoms. The fourth-order valence-corrected chi connectivity index (χ4v) is 5.46. The first kappa shape index (κ1) is 18.8. The monoisotopic (exact) mass is 374 g/mol. The summed E-state index contributed by atoms with van der Waals surface area (Å²) in [6, 6.07) is 16.1. The van der Waals surface area contributed by atoms with Gasteiger partial charge in [-0.05, 0) is 80.2 Å². The lowest BCUT2D eigenvalue weighted by molar-refractivity contribution is -0.00801. The van der Waals surface area contributed by atoms with E-state index in [-0.39, 0.29) is 5.41 Å². The summed E-state index contributed by atoms with van der Waals surface area (Å²) in [6.45, 7) is 1.79. The molecular weight excluding hydrogens is 348 g/mol. The molecule has 3 heteroatoms. The Bertz CT molecular complexity index is 953. The van der Waals surface area contributed by atoms with Crippen molar-refractivity contribution in [1.82, 2.24) is 0 Å². The number of carboxylic acid groups (broad SMARTS) is 1.